The zero-order chi connectivity index (χ0) is 16.7. The maximum absolute atomic E-state index is 12.2. The van der Waals surface area contributed by atoms with Crippen molar-refractivity contribution in [3.05, 3.63) is 28.1 Å². The highest BCUT2D eigenvalue weighted by Crippen LogP contribution is 2.18. The van der Waals surface area contributed by atoms with E-state index < -0.39 is 4.92 Å². The van der Waals surface area contributed by atoms with Crippen LogP contribution in [0.5, 0.6) is 0 Å². The van der Waals surface area contributed by atoms with Crippen LogP contribution in [0.3, 0.4) is 0 Å². The molecule has 1 aromatic rings. The number of carbonyl (C=O) groups excluding carboxylic acids is 1. The van der Waals surface area contributed by atoms with Crippen molar-refractivity contribution in [1.82, 2.24) is 9.88 Å². The molecule has 0 aliphatic carbocycles. The third-order valence-corrected chi connectivity index (χ3v) is 3.18. The Labute approximate surface area is 129 Å². The van der Waals surface area contributed by atoms with Gasteiger partial charge < -0.3 is 15.6 Å². The van der Waals surface area contributed by atoms with Gasteiger partial charge in [-0.05, 0) is 18.8 Å². The number of hydrogen-bond donors (Lipinski definition) is 3. The van der Waals surface area contributed by atoms with Crippen LogP contribution in [0.15, 0.2) is 12.3 Å². The van der Waals surface area contributed by atoms with Crippen molar-refractivity contribution >= 4 is 17.4 Å². The molecule has 0 saturated carbocycles. The largest absolute Gasteiger partial charge is 0.388 e. The Morgan fingerprint density at radius 1 is 1.55 bits per heavy atom. The second kappa shape index (κ2) is 8.16. The van der Waals surface area contributed by atoms with Gasteiger partial charge in [-0.15, -0.1) is 0 Å². The number of nitrogens with zero attached hydrogens (tertiary/aromatic N) is 2. The highest BCUT2D eigenvalue weighted by molar-refractivity contribution is 5.93. The first-order chi connectivity index (χ1) is 10.3. The third kappa shape index (κ3) is 5.55. The third-order valence-electron chi connectivity index (χ3n) is 3.18. The Morgan fingerprint density at radius 3 is 2.77 bits per heavy atom. The van der Waals surface area contributed by atoms with Crippen molar-refractivity contribution in [1.29, 1.82) is 5.41 Å². The fourth-order valence-electron chi connectivity index (χ4n) is 1.94. The van der Waals surface area contributed by atoms with E-state index in [1.54, 1.807) is 4.57 Å². The second-order valence-electron chi connectivity index (χ2n) is 5.60. The van der Waals surface area contributed by atoms with Gasteiger partial charge in [0.05, 0.1) is 17.0 Å². The van der Waals surface area contributed by atoms with Crippen LogP contribution in [0, 0.1) is 21.4 Å². The fourth-order valence-corrected chi connectivity index (χ4v) is 1.94. The van der Waals surface area contributed by atoms with E-state index in [0.717, 1.165) is 6.42 Å². The van der Waals surface area contributed by atoms with E-state index >= 15 is 0 Å². The van der Waals surface area contributed by atoms with Crippen molar-refractivity contribution in [2.75, 3.05) is 6.54 Å². The van der Waals surface area contributed by atoms with E-state index in [1.807, 2.05) is 0 Å². The van der Waals surface area contributed by atoms with E-state index in [2.05, 4.69) is 19.2 Å². The van der Waals surface area contributed by atoms with E-state index in [0.29, 0.717) is 31.8 Å². The predicted molar refractivity (Wildman–Crippen MR) is 84.0 cm³/mol. The SMILES string of the molecule is CC(C)CCn1cc([N+](=O)[O-])cc1C(=O)NCCCC(=N)N. The van der Waals surface area contributed by atoms with Crippen molar-refractivity contribution in [2.24, 2.45) is 11.7 Å². The molecule has 0 atom stereocenters. The summed E-state index contributed by atoms with van der Waals surface area (Å²) >= 11 is 0. The molecule has 8 nitrogen and oxygen atoms in total. The van der Waals surface area contributed by atoms with Crippen LogP contribution in [0.25, 0.3) is 0 Å². The zero-order valence-corrected chi connectivity index (χ0v) is 13.0. The van der Waals surface area contributed by atoms with Gasteiger partial charge in [-0.3, -0.25) is 20.3 Å². The minimum atomic E-state index is -0.502. The van der Waals surface area contributed by atoms with E-state index in [1.165, 1.54) is 12.3 Å². The Balaban J connectivity index is 2.74. The van der Waals surface area contributed by atoms with Gasteiger partial charge >= 0.3 is 0 Å². The number of nitrogens with two attached hydrogens (primary N) is 1. The summed E-state index contributed by atoms with van der Waals surface area (Å²) in [6.45, 7) is 5.04. The van der Waals surface area contributed by atoms with Crippen molar-refractivity contribution in [3.8, 4) is 0 Å². The van der Waals surface area contributed by atoms with Crippen LogP contribution in [0.4, 0.5) is 5.69 Å². The molecular formula is C14H23N5O3. The number of amidine groups is 1. The van der Waals surface area contributed by atoms with Crippen molar-refractivity contribution in [3.63, 3.8) is 0 Å². The summed E-state index contributed by atoms with van der Waals surface area (Å²) in [4.78, 5) is 22.5. The molecule has 4 N–H and O–H groups in total. The first-order valence-corrected chi connectivity index (χ1v) is 7.27. The fraction of sp³-hybridized carbons (Fsp3) is 0.571. The number of aryl methyl sites for hydroxylation is 1. The number of amides is 1. The molecule has 1 amide bonds. The number of aromatic nitrogens is 1. The molecule has 0 fully saturated rings. The summed E-state index contributed by atoms with van der Waals surface area (Å²) in [5.41, 5.74) is 5.44. The molecule has 0 saturated heterocycles. The number of rotatable bonds is 9. The first kappa shape index (κ1) is 17.7. The number of carbonyl (C=O) groups is 1. The zero-order valence-electron chi connectivity index (χ0n) is 13.0. The van der Waals surface area contributed by atoms with E-state index in [9.17, 15) is 14.9 Å². The van der Waals surface area contributed by atoms with Gasteiger partial charge in [0.15, 0.2) is 0 Å². The van der Waals surface area contributed by atoms with E-state index in [4.69, 9.17) is 11.1 Å². The van der Waals surface area contributed by atoms with Crippen molar-refractivity contribution < 1.29 is 9.72 Å². The van der Waals surface area contributed by atoms with Gasteiger partial charge in [-0.1, -0.05) is 13.8 Å². The topological polar surface area (TPSA) is 127 Å². The first-order valence-electron chi connectivity index (χ1n) is 7.27. The number of nitro groups is 1. The molecule has 0 unspecified atom stereocenters. The van der Waals surface area contributed by atoms with Gasteiger partial charge in [0.25, 0.3) is 11.6 Å². The van der Waals surface area contributed by atoms with Gasteiger partial charge in [0.2, 0.25) is 0 Å². The lowest BCUT2D eigenvalue weighted by molar-refractivity contribution is -0.384. The summed E-state index contributed by atoms with van der Waals surface area (Å²) in [7, 11) is 0. The average molecular weight is 309 g/mol. The highest BCUT2D eigenvalue weighted by atomic mass is 16.6. The van der Waals surface area contributed by atoms with E-state index in [-0.39, 0.29) is 23.1 Å². The Hall–Kier alpha value is -2.38. The molecule has 0 aliphatic rings. The number of hydrogen-bond acceptors (Lipinski definition) is 4. The average Bonchev–Trinajstić information content (AvgIpc) is 2.85. The molecular weight excluding hydrogens is 286 g/mol. The molecule has 0 aromatic carbocycles. The molecule has 0 radical (unpaired) electrons. The molecule has 0 bridgehead atoms. The summed E-state index contributed by atoms with van der Waals surface area (Å²) in [5.74, 6) is 0.165. The van der Waals surface area contributed by atoms with Crippen LogP contribution < -0.4 is 11.1 Å². The maximum Gasteiger partial charge on any atom is 0.287 e. The quantitative estimate of drug-likeness (QED) is 0.211. The Bertz CT molecular complexity index is 551. The van der Waals surface area contributed by atoms with Crippen LogP contribution in [0.1, 0.15) is 43.6 Å². The minimum absolute atomic E-state index is 0.0743. The minimum Gasteiger partial charge on any atom is -0.388 e. The van der Waals surface area contributed by atoms with Gasteiger partial charge in [0, 0.05) is 25.6 Å². The van der Waals surface area contributed by atoms with Crippen LogP contribution in [-0.2, 0) is 6.54 Å². The molecule has 1 aromatic heterocycles. The standard InChI is InChI=1S/C14H23N5O3/c1-10(2)5-7-18-9-11(19(21)22)8-12(18)14(20)17-6-3-4-13(15)16/h8-10H,3-7H2,1-2H3,(H3,15,16)(H,17,20). The second-order valence-corrected chi connectivity index (χ2v) is 5.60. The normalized spacial score (nSPS) is 10.7. The molecule has 1 heterocycles. The lowest BCUT2D eigenvalue weighted by Crippen LogP contribution is -2.27. The highest BCUT2D eigenvalue weighted by Gasteiger charge is 2.19. The molecule has 122 valence electrons. The summed E-state index contributed by atoms with van der Waals surface area (Å²) in [6.07, 6.45) is 3.20. The summed E-state index contributed by atoms with van der Waals surface area (Å²) in [5, 5.41) is 20.7. The Kier molecular flexibility index (Phi) is 6.55. The smallest absolute Gasteiger partial charge is 0.287 e. The Morgan fingerprint density at radius 2 is 2.23 bits per heavy atom. The van der Waals surface area contributed by atoms with Crippen LogP contribution in [-0.4, -0.2) is 27.8 Å². The molecule has 1 rings (SSSR count). The molecule has 0 spiro atoms. The predicted octanol–water partition coefficient (Wildman–Crippen LogP) is 1.89. The van der Waals surface area contributed by atoms with Crippen molar-refractivity contribution in [2.45, 2.75) is 39.7 Å². The summed E-state index contributed by atoms with van der Waals surface area (Å²) < 4.78 is 1.62. The lowest BCUT2D eigenvalue weighted by Gasteiger charge is -2.10. The summed E-state index contributed by atoms with van der Waals surface area (Å²) in [6, 6.07) is 1.29. The molecule has 0 aliphatic heterocycles. The van der Waals surface area contributed by atoms with Gasteiger partial charge in [-0.2, -0.15) is 0 Å². The molecule has 8 heteroatoms. The lowest BCUT2D eigenvalue weighted by atomic mass is 10.1. The van der Waals surface area contributed by atoms with Gasteiger partial charge in [0.1, 0.15) is 5.69 Å². The van der Waals surface area contributed by atoms with Crippen LogP contribution >= 0.6 is 0 Å². The van der Waals surface area contributed by atoms with Gasteiger partial charge in [-0.25, -0.2) is 0 Å². The van der Waals surface area contributed by atoms with Crippen LogP contribution in [0.2, 0.25) is 0 Å². The monoisotopic (exact) mass is 309 g/mol. The number of nitrogens with one attached hydrogen (secondary N) is 2. The molecule has 22 heavy (non-hydrogen) atoms. The maximum atomic E-state index is 12.2.